The highest BCUT2D eigenvalue weighted by molar-refractivity contribution is 6.00. The number of rotatable bonds is 3. The number of benzene rings is 1. The van der Waals surface area contributed by atoms with E-state index in [1.165, 1.54) is 0 Å². The van der Waals surface area contributed by atoms with E-state index in [4.69, 9.17) is 4.74 Å². The monoisotopic (exact) mass is 278 g/mol. The number of ether oxygens (including phenoxy) is 1. The lowest BCUT2D eigenvalue weighted by Gasteiger charge is -2.29. The molecular formula is C14H18N2O4. The third-order valence-electron chi connectivity index (χ3n) is 3.35. The molecule has 20 heavy (non-hydrogen) atoms. The van der Waals surface area contributed by atoms with Crippen molar-refractivity contribution in [3.63, 3.8) is 0 Å². The Morgan fingerprint density at radius 2 is 2.20 bits per heavy atom. The quantitative estimate of drug-likeness (QED) is 0.766. The maximum atomic E-state index is 12.2. The average Bonchev–Trinajstić information content (AvgIpc) is 2.37. The van der Waals surface area contributed by atoms with Crippen molar-refractivity contribution in [2.24, 2.45) is 0 Å². The fraction of sp³-hybridized carbons (Fsp3) is 0.429. The van der Waals surface area contributed by atoms with Crippen molar-refractivity contribution in [1.29, 1.82) is 0 Å². The Bertz CT molecular complexity index is 552. The van der Waals surface area contributed by atoms with Crippen LogP contribution in [-0.4, -0.2) is 35.2 Å². The van der Waals surface area contributed by atoms with Crippen molar-refractivity contribution >= 4 is 17.5 Å². The Morgan fingerprint density at radius 1 is 1.50 bits per heavy atom. The molecule has 0 aromatic heterocycles. The van der Waals surface area contributed by atoms with Crippen molar-refractivity contribution in [3.05, 3.63) is 23.8 Å². The van der Waals surface area contributed by atoms with Gasteiger partial charge in [-0.1, -0.05) is 0 Å². The fourth-order valence-corrected chi connectivity index (χ4v) is 1.69. The Morgan fingerprint density at radius 3 is 2.85 bits per heavy atom. The minimum Gasteiger partial charge on any atom is -0.482 e. The van der Waals surface area contributed by atoms with E-state index in [0.717, 1.165) is 0 Å². The van der Waals surface area contributed by atoms with Crippen LogP contribution in [-0.2, 0) is 4.79 Å². The minimum absolute atomic E-state index is 0.0202. The smallest absolute Gasteiger partial charge is 0.262 e. The number of carbonyl (C=O) groups excluding carboxylic acids is 2. The van der Waals surface area contributed by atoms with Gasteiger partial charge in [-0.25, -0.2) is 0 Å². The van der Waals surface area contributed by atoms with Crippen LogP contribution in [0.4, 0.5) is 5.69 Å². The summed E-state index contributed by atoms with van der Waals surface area (Å²) in [7, 11) is 0. The number of aliphatic hydroxyl groups excluding tert-OH is 1. The van der Waals surface area contributed by atoms with Gasteiger partial charge in [0.2, 0.25) is 0 Å². The maximum Gasteiger partial charge on any atom is 0.262 e. The van der Waals surface area contributed by atoms with Crippen LogP contribution < -0.4 is 15.4 Å². The van der Waals surface area contributed by atoms with Gasteiger partial charge < -0.3 is 20.5 Å². The molecule has 3 N–H and O–H groups in total. The zero-order valence-electron chi connectivity index (χ0n) is 11.7. The normalized spacial score (nSPS) is 15.7. The summed E-state index contributed by atoms with van der Waals surface area (Å²) in [5.41, 5.74) is 0.124. The number of nitrogens with one attached hydrogen (secondary N) is 2. The van der Waals surface area contributed by atoms with Crippen LogP contribution in [0.1, 0.15) is 31.1 Å². The number of hydrogen-bond acceptors (Lipinski definition) is 4. The summed E-state index contributed by atoms with van der Waals surface area (Å²) in [4.78, 5) is 23.4. The van der Waals surface area contributed by atoms with Gasteiger partial charge in [-0.3, -0.25) is 9.59 Å². The number of carbonyl (C=O) groups is 2. The van der Waals surface area contributed by atoms with E-state index in [0.29, 0.717) is 17.0 Å². The first-order valence-corrected chi connectivity index (χ1v) is 6.37. The lowest BCUT2D eigenvalue weighted by atomic mass is 9.98. The first-order chi connectivity index (χ1) is 9.29. The van der Waals surface area contributed by atoms with Crippen LogP contribution in [0.3, 0.4) is 0 Å². The first-order valence-electron chi connectivity index (χ1n) is 6.37. The highest BCUT2D eigenvalue weighted by Crippen LogP contribution is 2.28. The second-order valence-electron chi connectivity index (χ2n) is 5.40. The summed E-state index contributed by atoms with van der Waals surface area (Å²) in [6, 6.07) is 4.81. The number of anilines is 1. The van der Waals surface area contributed by atoms with E-state index in [9.17, 15) is 14.7 Å². The largest absolute Gasteiger partial charge is 0.482 e. The Labute approximate surface area is 117 Å². The predicted octanol–water partition coefficient (Wildman–Crippen LogP) is 0.907. The highest BCUT2D eigenvalue weighted by Gasteiger charge is 2.27. The summed E-state index contributed by atoms with van der Waals surface area (Å²) >= 11 is 0. The summed E-state index contributed by atoms with van der Waals surface area (Å²) in [6.07, 6.45) is -0.688. The van der Waals surface area contributed by atoms with Gasteiger partial charge in [-0.15, -0.1) is 0 Å². The molecule has 2 rings (SSSR count). The van der Waals surface area contributed by atoms with Crippen molar-refractivity contribution in [2.75, 3.05) is 11.9 Å². The Kier molecular flexibility index (Phi) is 3.67. The van der Waals surface area contributed by atoms with E-state index >= 15 is 0 Å². The molecule has 0 spiro atoms. The molecule has 6 nitrogen and oxygen atoms in total. The average molecular weight is 278 g/mol. The zero-order valence-corrected chi connectivity index (χ0v) is 11.7. The summed E-state index contributed by atoms with van der Waals surface area (Å²) in [6.45, 7) is 5.06. The highest BCUT2D eigenvalue weighted by atomic mass is 16.5. The molecule has 1 aromatic rings. The predicted molar refractivity (Wildman–Crippen MR) is 73.8 cm³/mol. The van der Waals surface area contributed by atoms with Crippen LogP contribution in [0, 0.1) is 0 Å². The summed E-state index contributed by atoms with van der Waals surface area (Å²) < 4.78 is 5.23. The van der Waals surface area contributed by atoms with Crippen LogP contribution in [0.5, 0.6) is 5.75 Å². The van der Waals surface area contributed by atoms with E-state index in [2.05, 4.69) is 10.6 Å². The van der Waals surface area contributed by atoms with Gasteiger partial charge in [0.05, 0.1) is 17.3 Å². The topological polar surface area (TPSA) is 87.7 Å². The van der Waals surface area contributed by atoms with Crippen molar-refractivity contribution in [1.82, 2.24) is 5.32 Å². The van der Waals surface area contributed by atoms with Crippen LogP contribution in [0.15, 0.2) is 18.2 Å². The van der Waals surface area contributed by atoms with E-state index < -0.39 is 11.6 Å². The maximum absolute atomic E-state index is 12.2. The number of amides is 2. The molecule has 0 radical (unpaired) electrons. The molecule has 1 aromatic carbocycles. The fourth-order valence-electron chi connectivity index (χ4n) is 1.69. The molecule has 0 aliphatic carbocycles. The molecule has 0 saturated carbocycles. The number of aliphatic hydroxyl groups is 1. The van der Waals surface area contributed by atoms with Gasteiger partial charge in [0.1, 0.15) is 5.75 Å². The second kappa shape index (κ2) is 5.13. The molecule has 1 heterocycles. The molecule has 1 atom stereocenters. The van der Waals surface area contributed by atoms with Crippen LogP contribution >= 0.6 is 0 Å². The van der Waals surface area contributed by atoms with Gasteiger partial charge >= 0.3 is 0 Å². The second-order valence-corrected chi connectivity index (χ2v) is 5.40. The summed E-state index contributed by atoms with van der Waals surface area (Å²) in [5.74, 6) is -0.0335. The van der Waals surface area contributed by atoms with Gasteiger partial charge in [0.15, 0.2) is 6.61 Å². The lowest BCUT2D eigenvalue weighted by Crippen LogP contribution is -2.51. The van der Waals surface area contributed by atoms with E-state index in [-0.39, 0.29) is 18.4 Å². The molecule has 0 saturated heterocycles. The molecule has 1 unspecified atom stereocenters. The third kappa shape index (κ3) is 2.91. The SMILES string of the molecule is CC(O)C(C)(C)NC(=O)c1ccc2c(c1)NC(=O)CO2. The number of fused-ring (bicyclic) bond motifs is 1. The van der Waals surface area contributed by atoms with E-state index in [1.54, 1.807) is 39.0 Å². The molecule has 0 fully saturated rings. The lowest BCUT2D eigenvalue weighted by molar-refractivity contribution is -0.118. The molecule has 1 aliphatic rings. The number of hydrogen-bond donors (Lipinski definition) is 3. The first kappa shape index (κ1) is 14.3. The van der Waals surface area contributed by atoms with Gasteiger partial charge in [-0.05, 0) is 39.0 Å². The van der Waals surface area contributed by atoms with Crippen molar-refractivity contribution < 1.29 is 19.4 Å². The van der Waals surface area contributed by atoms with Crippen LogP contribution in [0.25, 0.3) is 0 Å². The standard InChI is InChI=1S/C14H18N2O4/c1-8(17)14(2,3)16-13(19)9-4-5-11-10(6-9)15-12(18)7-20-11/h4-6,8,17H,7H2,1-3H3,(H,15,18)(H,16,19). The Balaban J connectivity index is 2.19. The Hall–Kier alpha value is -2.08. The molecule has 108 valence electrons. The van der Waals surface area contributed by atoms with Gasteiger partial charge in [-0.2, -0.15) is 0 Å². The van der Waals surface area contributed by atoms with Gasteiger partial charge in [0, 0.05) is 5.56 Å². The molecule has 1 aliphatic heterocycles. The van der Waals surface area contributed by atoms with E-state index in [1.807, 2.05) is 0 Å². The van der Waals surface area contributed by atoms with Crippen LogP contribution in [0.2, 0.25) is 0 Å². The van der Waals surface area contributed by atoms with Gasteiger partial charge in [0.25, 0.3) is 11.8 Å². The third-order valence-corrected chi connectivity index (χ3v) is 3.35. The summed E-state index contributed by atoms with van der Waals surface area (Å²) in [5, 5.41) is 15.0. The molecular weight excluding hydrogens is 260 g/mol. The zero-order chi connectivity index (χ0) is 14.9. The van der Waals surface area contributed by atoms with Crippen molar-refractivity contribution in [2.45, 2.75) is 32.4 Å². The molecule has 0 bridgehead atoms. The minimum atomic E-state index is -0.743. The molecule has 2 amide bonds. The van der Waals surface area contributed by atoms with Crippen molar-refractivity contribution in [3.8, 4) is 5.75 Å². The molecule has 6 heteroatoms.